The Balaban J connectivity index is 0.00000625. The van der Waals surface area contributed by atoms with Gasteiger partial charge in [-0.05, 0) is 83.9 Å². The number of carbonyl (C=O) groups is 1. The summed E-state index contributed by atoms with van der Waals surface area (Å²) in [6.45, 7) is 14.8. The standard InChI is InChI=1S/C34H52N6O6S.ClH/c1-8-10-28-31-32(38(7)37-28)34(42)36-33(35-31)27-22-26(12-13-29(27)45-20-9-2)47(43,44)39-17-15-25(16-18-39)11-14-30(41)46-21-19-40(23(3)4)24(5)6;/h12-13,22-25H,8-11,14-21H2,1-7H3,(H,35,36,42);1H. The first kappa shape index (κ1) is 39.4. The summed E-state index contributed by atoms with van der Waals surface area (Å²) in [4.78, 5) is 35.6. The highest BCUT2D eigenvalue weighted by Crippen LogP contribution is 2.34. The Morgan fingerprint density at radius 3 is 2.40 bits per heavy atom. The van der Waals surface area contributed by atoms with Crippen molar-refractivity contribution in [1.29, 1.82) is 0 Å². The number of ether oxygens (including phenoxy) is 2. The molecule has 1 aliphatic heterocycles. The van der Waals surface area contributed by atoms with Gasteiger partial charge in [0.25, 0.3) is 5.56 Å². The topological polar surface area (TPSA) is 140 Å². The van der Waals surface area contributed by atoms with Crippen LogP contribution in [0.3, 0.4) is 0 Å². The lowest BCUT2D eigenvalue weighted by molar-refractivity contribution is -0.144. The molecule has 0 aliphatic carbocycles. The fourth-order valence-electron chi connectivity index (χ4n) is 6.33. The number of hydrogen-bond acceptors (Lipinski definition) is 9. The van der Waals surface area contributed by atoms with E-state index in [1.807, 2.05) is 13.8 Å². The maximum atomic E-state index is 13.9. The van der Waals surface area contributed by atoms with Crippen LogP contribution in [0.25, 0.3) is 22.4 Å². The number of nitrogens with one attached hydrogen (secondary N) is 1. The van der Waals surface area contributed by atoms with E-state index in [4.69, 9.17) is 14.5 Å². The van der Waals surface area contributed by atoms with Crippen molar-refractivity contribution < 1.29 is 22.7 Å². The molecule has 1 aliphatic rings. The Labute approximate surface area is 291 Å². The lowest BCUT2D eigenvalue weighted by atomic mass is 9.93. The summed E-state index contributed by atoms with van der Waals surface area (Å²) in [5, 5.41) is 4.50. The van der Waals surface area contributed by atoms with E-state index in [0.717, 1.165) is 18.5 Å². The lowest BCUT2D eigenvalue weighted by Gasteiger charge is -2.31. The number of fused-ring (bicyclic) bond motifs is 1. The molecule has 1 fully saturated rings. The molecule has 0 radical (unpaired) electrons. The average Bonchev–Trinajstić information content (AvgIpc) is 3.35. The van der Waals surface area contributed by atoms with Gasteiger partial charge in [-0.15, -0.1) is 12.4 Å². The molecule has 0 spiro atoms. The fraction of sp³-hybridized carbons (Fsp3) is 0.647. The molecule has 3 heterocycles. The summed E-state index contributed by atoms with van der Waals surface area (Å²) in [5.74, 6) is 0.724. The van der Waals surface area contributed by atoms with E-state index in [1.165, 1.54) is 8.99 Å². The van der Waals surface area contributed by atoms with Gasteiger partial charge in [-0.3, -0.25) is 19.2 Å². The molecule has 2 aromatic heterocycles. The van der Waals surface area contributed by atoms with Gasteiger partial charge >= 0.3 is 5.97 Å². The number of H-pyrrole nitrogens is 1. The second-order valence-electron chi connectivity index (χ2n) is 13.0. The Kier molecular flexibility index (Phi) is 14.5. The summed E-state index contributed by atoms with van der Waals surface area (Å²) in [6.07, 6.45) is 4.59. The maximum absolute atomic E-state index is 13.9. The van der Waals surface area contributed by atoms with Gasteiger partial charge in [0.1, 0.15) is 23.7 Å². The maximum Gasteiger partial charge on any atom is 0.305 e. The van der Waals surface area contributed by atoms with Crippen LogP contribution in [0.5, 0.6) is 5.75 Å². The summed E-state index contributed by atoms with van der Waals surface area (Å²) in [6, 6.07) is 5.49. The summed E-state index contributed by atoms with van der Waals surface area (Å²) < 4.78 is 42.2. The Hall–Kier alpha value is -3.00. The van der Waals surface area contributed by atoms with Crippen LogP contribution in [0.4, 0.5) is 0 Å². The first-order valence-electron chi connectivity index (χ1n) is 17.0. The molecule has 0 bridgehead atoms. The van der Waals surface area contributed by atoms with Crippen LogP contribution in [0.15, 0.2) is 27.9 Å². The Bertz CT molecular complexity index is 1670. The first-order chi connectivity index (χ1) is 22.4. The number of carbonyl (C=O) groups excluding carboxylic acids is 1. The number of sulfonamides is 1. The Morgan fingerprint density at radius 2 is 1.77 bits per heavy atom. The van der Waals surface area contributed by atoms with Crippen molar-refractivity contribution >= 4 is 39.4 Å². The minimum absolute atomic E-state index is 0. The van der Waals surface area contributed by atoms with Crippen molar-refractivity contribution in [1.82, 2.24) is 29.0 Å². The SMILES string of the molecule is CCCOc1ccc(S(=O)(=O)N2CCC(CCC(=O)OCCN(C(C)C)C(C)C)CC2)cc1-c1nc2c(CCC)nn(C)c2c(=O)[nH]1.Cl. The lowest BCUT2D eigenvalue weighted by Crippen LogP contribution is -2.39. The molecule has 0 saturated carbocycles. The minimum atomic E-state index is -3.84. The molecule has 4 rings (SSSR count). The van der Waals surface area contributed by atoms with E-state index in [-0.39, 0.29) is 40.6 Å². The second kappa shape index (κ2) is 17.6. The molecule has 1 N–H and O–H groups in total. The fourth-order valence-corrected chi connectivity index (χ4v) is 7.83. The number of esters is 1. The van der Waals surface area contributed by atoms with Crippen LogP contribution in [0, 0.1) is 5.92 Å². The number of piperidine rings is 1. The van der Waals surface area contributed by atoms with E-state index in [9.17, 15) is 18.0 Å². The van der Waals surface area contributed by atoms with Crippen LogP contribution in [0.2, 0.25) is 0 Å². The van der Waals surface area contributed by atoms with Gasteiger partial charge in [0, 0.05) is 45.2 Å². The molecule has 1 aromatic carbocycles. The zero-order chi connectivity index (χ0) is 34.3. The molecule has 1 saturated heterocycles. The summed E-state index contributed by atoms with van der Waals surface area (Å²) in [5.41, 5.74) is 1.65. The summed E-state index contributed by atoms with van der Waals surface area (Å²) in [7, 11) is -2.13. The number of nitrogens with zero attached hydrogens (tertiary/aromatic N) is 5. The number of benzene rings is 1. The molecule has 0 atom stereocenters. The highest BCUT2D eigenvalue weighted by Gasteiger charge is 2.31. The van der Waals surface area contributed by atoms with E-state index in [0.29, 0.717) is 99.4 Å². The molecule has 48 heavy (non-hydrogen) atoms. The number of rotatable bonds is 16. The van der Waals surface area contributed by atoms with E-state index in [2.05, 4.69) is 42.7 Å². The third-order valence-corrected chi connectivity index (χ3v) is 10.7. The predicted octanol–water partition coefficient (Wildman–Crippen LogP) is 5.33. The van der Waals surface area contributed by atoms with Gasteiger partial charge in [-0.25, -0.2) is 13.4 Å². The molecule has 0 amide bonds. The van der Waals surface area contributed by atoms with E-state index < -0.39 is 10.0 Å². The van der Waals surface area contributed by atoms with Gasteiger partial charge in [0.05, 0.1) is 22.8 Å². The molecular weight excluding hydrogens is 656 g/mol. The zero-order valence-corrected chi connectivity index (χ0v) is 31.1. The van der Waals surface area contributed by atoms with Crippen molar-refractivity contribution in [2.75, 3.05) is 32.8 Å². The summed E-state index contributed by atoms with van der Waals surface area (Å²) >= 11 is 0. The van der Waals surface area contributed by atoms with Gasteiger partial charge in [-0.2, -0.15) is 9.40 Å². The first-order valence-corrected chi connectivity index (χ1v) is 18.5. The third kappa shape index (κ3) is 9.36. The molecule has 0 unspecified atom stereocenters. The van der Waals surface area contributed by atoms with Crippen LogP contribution < -0.4 is 10.3 Å². The number of aromatic amines is 1. The van der Waals surface area contributed by atoms with Crippen molar-refractivity contribution in [3.8, 4) is 17.1 Å². The minimum Gasteiger partial charge on any atom is -0.493 e. The molecular formula is C34H53ClN6O6S. The normalized spacial score (nSPS) is 14.6. The second-order valence-corrected chi connectivity index (χ2v) is 14.9. The monoisotopic (exact) mass is 708 g/mol. The molecule has 12 nitrogen and oxygen atoms in total. The molecule has 14 heteroatoms. The van der Waals surface area contributed by atoms with Gasteiger partial charge in [0.15, 0.2) is 5.52 Å². The number of aromatic nitrogens is 4. The van der Waals surface area contributed by atoms with Crippen LogP contribution in [-0.4, -0.2) is 88.3 Å². The molecule has 3 aromatic rings. The highest BCUT2D eigenvalue weighted by molar-refractivity contribution is 7.89. The number of hydrogen-bond donors (Lipinski definition) is 1. The van der Waals surface area contributed by atoms with Gasteiger partial charge in [0.2, 0.25) is 10.0 Å². The van der Waals surface area contributed by atoms with Crippen molar-refractivity contribution in [3.63, 3.8) is 0 Å². The number of halogens is 1. The van der Waals surface area contributed by atoms with E-state index >= 15 is 0 Å². The Morgan fingerprint density at radius 1 is 1.08 bits per heavy atom. The zero-order valence-electron chi connectivity index (χ0n) is 29.5. The van der Waals surface area contributed by atoms with Crippen LogP contribution in [-0.2, 0) is 33.0 Å². The van der Waals surface area contributed by atoms with Crippen molar-refractivity contribution in [2.45, 2.75) is 103 Å². The highest BCUT2D eigenvalue weighted by atomic mass is 35.5. The third-order valence-electron chi connectivity index (χ3n) is 8.82. The van der Waals surface area contributed by atoms with Crippen LogP contribution in [0.1, 0.15) is 85.8 Å². The average molecular weight is 709 g/mol. The quantitative estimate of drug-likeness (QED) is 0.196. The molecule has 268 valence electrons. The van der Waals surface area contributed by atoms with Gasteiger partial charge in [-0.1, -0.05) is 20.3 Å². The van der Waals surface area contributed by atoms with Crippen LogP contribution >= 0.6 is 12.4 Å². The largest absolute Gasteiger partial charge is 0.493 e. The van der Waals surface area contributed by atoms with Crippen molar-refractivity contribution in [2.24, 2.45) is 13.0 Å². The number of aryl methyl sites for hydroxylation is 2. The van der Waals surface area contributed by atoms with Crippen molar-refractivity contribution in [3.05, 3.63) is 34.2 Å². The smallest absolute Gasteiger partial charge is 0.305 e. The van der Waals surface area contributed by atoms with E-state index in [1.54, 1.807) is 25.2 Å². The van der Waals surface area contributed by atoms with Gasteiger partial charge < -0.3 is 14.5 Å². The predicted molar refractivity (Wildman–Crippen MR) is 190 cm³/mol.